The van der Waals surface area contributed by atoms with Crippen LogP contribution in [0.25, 0.3) is 0 Å². The summed E-state index contributed by atoms with van der Waals surface area (Å²) in [6.45, 7) is 0. The number of benzene rings is 1. The first kappa shape index (κ1) is 12.2. The maximum absolute atomic E-state index is 5.58. The van der Waals surface area contributed by atoms with Crippen molar-refractivity contribution in [3.8, 4) is 0 Å². The average Bonchev–Trinajstić information content (AvgIpc) is 1.77. The van der Waals surface area contributed by atoms with Crippen molar-refractivity contribution in [1.29, 1.82) is 0 Å². The second kappa shape index (κ2) is 5.29. The van der Waals surface area contributed by atoms with E-state index in [0.29, 0.717) is 10.5 Å². The lowest BCUT2D eigenvalue weighted by atomic mass is 9.97. The van der Waals surface area contributed by atoms with Gasteiger partial charge in [-0.1, -0.05) is 35.3 Å². The topological polar surface area (TPSA) is 63.0 Å². The van der Waals surface area contributed by atoms with Gasteiger partial charge in [0, 0.05) is 5.02 Å². The number of halogens is 1. The maximum atomic E-state index is 5.58. The summed E-state index contributed by atoms with van der Waals surface area (Å²) in [7, 11) is 5.39. The Morgan fingerprint density at radius 2 is 1.60 bits per heavy atom. The molecule has 0 aliphatic carbocycles. The van der Waals surface area contributed by atoms with Gasteiger partial charge < -0.3 is 11.0 Å². The molecule has 0 aromatic heterocycles. The van der Waals surface area contributed by atoms with Gasteiger partial charge in [0.15, 0.2) is 0 Å². The van der Waals surface area contributed by atoms with Crippen molar-refractivity contribution < 1.29 is 11.0 Å². The van der Waals surface area contributed by atoms with Crippen molar-refractivity contribution >= 4 is 24.9 Å². The first-order valence-corrected chi connectivity index (χ1v) is 2.68. The first-order valence-electron chi connectivity index (χ1n) is 2.31. The largest absolute Gasteiger partial charge is 0.412 e. The van der Waals surface area contributed by atoms with Crippen molar-refractivity contribution in [2.75, 3.05) is 0 Å². The van der Waals surface area contributed by atoms with Crippen molar-refractivity contribution in [3.63, 3.8) is 0 Å². The Balaban J connectivity index is 0. The van der Waals surface area contributed by atoms with Crippen molar-refractivity contribution in [1.82, 2.24) is 0 Å². The van der Waals surface area contributed by atoms with Crippen LogP contribution in [0, 0.1) is 0 Å². The molecule has 1 aromatic carbocycles. The number of hydrogen-bond donors (Lipinski definition) is 0. The molecule has 0 aliphatic rings. The van der Waals surface area contributed by atoms with Crippen LogP contribution in [0.1, 0.15) is 0 Å². The summed E-state index contributed by atoms with van der Waals surface area (Å²) in [6, 6.07) is 7.22. The Morgan fingerprint density at radius 3 is 1.90 bits per heavy atom. The maximum Gasteiger partial charge on any atom is 0.115 e. The smallest absolute Gasteiger partial charge is 0.115 e. The Labute approximate surface area is 65.8 Å². The van der Waals surface area contributed by atoms with Crippen LogP contribution in [0.2, 0.25) is 5.02 Å². The van der Waals surface area contributed by atoms with Crippen LogP contribution in [0.15, 0.2) is 24.3 Å². The third-order valence-electron chi connectivity index (χ3n) is 0.905. The molecule has 0 saturated carbocycles. The fourth-order valence-corrected chi connectivity index (χ4v) is 0.611. The molecule has 0 bridgehead atoms. The minimum absolute atomic E-state index is 0. The van der Waals surface area contributed by atoms with Gasteiger partial charge in [-0.2, -0.15) is 0 Å². The van der Waals surface area contributed by atoms with Gasteiger partial charge in [-0.3, -0.25) is 0 Å². The lowest BCUT2D eigenvalue weighted by Crippen LogP contribution is -2.00. The highest BCUT2D eigenvalue weighted by atomic mass is 35.5. The molecular formula is C6H8BClO2. The van der Waals surface area contributed by atoms with Crippen LogP contribution in [0.5, 0.6) is 0 Å². The lowest BCUT2D eigenvalue weighted by molar-refractivity contribution is 0.823. The quantitative estimate of drug-likeness (QED) is 0.456. The highest BCUT2D eigenvalue weighted by molar-refractivity contribution is 6.44. The van der Waals surface area contributed by atoms with Crippen LogP contribution in [0.3, 0.4) is 0 Å². The lowest BCUT2D eigenvalue weighted by Gasteiger charge is -1.91. The van der Waals surface area contributed by atoms with E-state index in [1.54, 1.807) is 12.1 Å². The van der Waals surface area contributed by atoms with E-state index in [-0.39, 0.29) is 11.0 Å². The molecule has 1 aromatic rings. The summed E-state index contributed by atoms with van der Waals surface area (Å²) in [5, 5.41) is 0.618. The molecular weight excluding hydrogens is 150 g/mol. The van der Waals surface area contributed by atoms with Gasteiger partial charge in [0.1, 0.15) is 7.85 Å². The molecule has 0 heterocycles. The zero-order valence-corrected chi connectivity index (χ0v) is 6.02. The van der Waals surface area contributed by atoms with Crippen LogP contribution in [-0.4, -0.2) is 18.8 Å². The molecule has 0 saturated heterocycles. The van der Waals surface area contributed by atoms with Crippen molar-refractivity contribution in [2.24, 2.45) is 0 Å². The van der Waals surface area contributed by atoms with Crippen LogP contribution in [0.4, 0.5) is 0 Å². The predicted octanol–water partition coefficient (Wildman–Crippen LogP) is -0.516. The van der Waals surface area contributed by atoms with Crippen LogP contribution in [-0.2, 0) is 0 Å². The monoisotopic (exact) mass is 158 g/mol. The zero-order valence-electron chi connectivity index (χ0n) is 5.26. The molecule has 0 unspecified atom stereocenters. The van der Waals surface area contributed by atoms with Gasteiger partial charge in [0.25, 0.3) is 0 Å². The molecule has 0 amide bonds. The van der Waals surface area contributed by atoms with E-state index >= 15 is 0 Å². The zero-order chi connectivity index (χ0) is 5.98. The molecule has 0 atom stereocenters. The molecule has 0 aliphatic heterocycles. The number of rotatable bonds is 0. The van der Waals surface area contributed by atoms with E-state index in [2.05, 4.69) is 0 Å². The Hall–Kier alpha value is -0.505. The molecule has 10 heavy (non-hydrogen) atoms. The van der Waals surface area contributed by atoms with Gasteiger partial charge in [-0.05, 0) is 6.07 Å². The van der Waals surface area contributed by atoms with Crippen LogP contribution < -0.4 is 5.46 Å². The second-order valence-corrected chi connectivity index (χ2v) is 1.93. The molecule has 2 nitrogen and oxygen atoms in total. The van der Waals surface area contributed by atoms with Crippen molar-refractivity contribution in [2.45, 2.75) is 0 Å². The Morgan fingerprint density at radius 1 is 1.10 bits per heavy atom. The number of hydrogen-bond acceptors (Lipinski definition) is 0. The van der Waals surface area contributed by atoms with E-state index in [9.17, 15) is 0 Å². The van der Waals surface area contributed by atoms with E-state index < -0.39 is 0 Å². The van der Waals surface area contributed by atoms with Crippen molar-refractivity contribution in [3.05, 3.63) is 29.3 Å². The average molecular weight is 158 g/mol. The second-order valence-electron chi connectivity index (χ2n) is 1.52. The predicted molar refractivity (Wildman–Crippen MR) is 44.1 cm³/mol. The molecule has 4 N–H and O–H groups in total. The van der Waals surface area contributed by atoms with E-state index in [4.69, 9.17) is 19.4 Å². The van der Waals surface area contributed by atoms with E-state index in [1.807, 2.05) is 12.1 Å². The fraction of sp³-hybridized carbons (Fsp3) is 0. The molecule has 2 radical (unpaired) electrons. The van der Waals surface area contributed by atoms with E-state index in [1.165, 1.54) is 0 Å². The molecule has 1 rings (SSSR count). The third-order valence-corrected chi connectivity index (χ3v) is 1.25. The Kier molecular flexibility index (Phi) is 6.46. The SMILES string of the molecule is O.O.[B]c1ccccc1Cl. The molecule has 0 fully saturated rings. The highest BCUT2D eigenvalue weighted by Crippen LogP contribution is 2.00. The minimum atomic E-state index is 0. The van der Waals surface area contributed by atoms with Gasteiger partial charge in [0.05, 0.1) is 0 Å². The fourth-order valence-electron chi connectivity index (χ4n) is 0.475. The van der Waals surface area contributed by atoms with Gasteiger partial charge in [-0.15, -0.1) is 0 Å². The summed E-state index contributed by atoms with van der Waals surface area (Å²) in [5.41, 5.74) is 0.633. The summed E-state index contributed by atoms with van der Waals surface area (Å²) in [4.78, 5) is 0. The minimum Gasteiger partial charge on any atom is -0.412 e. The Bertz CT molecular complexity index is 172. The van der Waals surface area contributed by atoms with Gasteiger partial charge in [0.2, 0.25) is 0 Å². The normalized spacial score (nSPS) is 7.30. The highest BCUT2D eigenvalue weighted by Gasteiger charge is 1.86. The summed E-state index contributed by atoms with van der Waals surface area (Å²) in [5.74, 6) is 0. The molecule has 54 valence electrons. The molecule has 4 heteroatoms. The first-order chi connectivity index (χ1) is 3.80. The van der Waals surface area contributed by atoms with E-state index in [0.717, 1.165) is 0 Å². The standard InChI is InChI=1S/C6H4BCl.2H2O/c7-5-3-1-2-4-6(5)8;;/h1-4H;2*1H2. The summed E-state index contributed by atoms with van der Waals surface area (Å²) in [6.07, 6.45) is 0. The van der Waals surface area contributed by atoms with Gasteiger partial charge in [-0.25, -0.2) is 0 Å². The third kappa shape index (κ3) is 2.87. The summed E-state index contributed by atoms with van der Waals surface area (Å²) < 4.78 is 0. The van der Waals surface area contributed by atoms with Gasteiger partial charge >= 0.3 is 0 Å². The summed E-state index contributed by atoms with van der Waals surface area (Å²) >= 11 is 5.58. The molecule has 0 spiro atoms. The van der Waals surface area contributed by atoms with Crippen LogP contribution >= 0.6 is 11.6 Å².